The van der Waals surface area contributed by atoms with E-state index in [9.17, 15) is 0 Å². The summed E-state index contributed by atoms with van der Waals surface area (Å²) in [7, 11) is 1.68. The zero-order chi connectivity index (χ0) is 17.8. The fourth-order valence-corrected chi connectivity index (χ4v) is 3.87. The first-order valence-electron chi connectivity index (χ1n) is 9.20. The van der Waals surface area contributed by atoms with Crippen LogP contribution in [0.4, 0.5) is 0 Å². The maximum absolute atomic E-state index is 5.29. The summed E-state index contributed by atoms with van der Waals surface area (Å²) in [6.07, 6.45) is 3.71. The Labute approximate surface area is 151 Å². The lowest BCUT2D eigenvalue weighted by atomic mass is 9.91. The van der Waals surface area contributed by atoms with Crippen LogP contribution in [0.5, 0.6) is 5.88 Å². The summed E-state index contributed by atoms with van der Waals surface area (Å²) in [4.78, 5) is 11.7. The lowest BCUT2D eigenvalue weighted by molar-refractivity contribution is 0.164. The van der Waals surface area contributed by atoms with Crippen LogP contribution in [0.1, 0.15) is 41.1 Å². The van der Waals surface area contributed by atoms with Crippen LogP contribution >= 0.6 is 0 Å². The molecular weight excluding hydrogens is 310 g/mol. The van der Waals surface area contributed by atoms with E-state index < -0.39 is 0 Å². The highest BCUT2D eigenvalue weighted by Gasteiger charge is 2.21. The standard InChI is InChI=1S/C21H29N3O/c1-15-7-8-21(25-4)23-20(15)14-24-9-5-6-18(13-24)12-19-10-16(2)22-17(3)11-19/h7-8,10-11,18H,5-6,9,12-14H2,1-4H3/t18-/m1/s1. The summed E-state index contributed by atoms with van der Waals surface area (Å²) in [5.74, 6) is 1.41. The number of likely N-dealkylation sites (tertiary alicyclic amines) is 1. The number of rotatable bonds is 5. The number of nitrogens with zero attached hydrogens (tertiary/aromatic N) is 3. The maximum atomic E-state index is 5.29. The van der Waals surface area contributed by atoms with Crippen LogP contribution in [-0.2, 0) is 13.0 Å². The number of pyridine rings is 2. The Balaban J connectivity index is 1.65. The molecule has 134 valence electrons. The zero-order valence-corrected chi connectivity index (χ0v) is 15.9. The van der Waals surface area contributed by atoms with Crippen LogP contribution in [0.2, 0.25) is 0 Å². The predicted molar refractivity (Wildman–Crippen MR) is 101 cm³/mol. The molecule has 0 amide bonds. The van der Waals surface area contributed by atoms with Gasteiger partial charge in [0.1, 0.15) is 0 Å². The van der Waals surface area contributed by atoms with Crippen LogP contribution in [0, 0.1) is 26.7 Å². The normalized spacial score (nSPS) is 18.3. The molecule has 0 spiro atoms. The highest BCUT2D eigenvalue weighted by Crippen LogP contribution is 2.23. The Hall–Kier alpha value is -1.94. The molecule has 1 fully saturated rings. The van der Waals surface area contributed by atoms with E-state index in [-0.39, 0.29) is 0 Å². The van der Waals surface area contributed by atoms with Crippen LogP contribution in [0.15, 0.2) is 24.3 Å². The molecule has 0 unspecified atom stereocenters. The summed E-state index contributed by atoms with van der Waals surface area (Å²) in [5.41, 5.74) is 6.05. The molecule has 1 atom stereocenters. The zero-order valence-electron chi connectivity index (χ0n) is 15.9. The minimum absolute atomic E-state index is 0.705. The Morgan fingerprint density at radius 1 is 1.12 bits per heavy atom. The number of ether oxygens (including phenoxy) is 1. The van der Waals surface area contributed by atoms with E-state index in [4.69, 9.17) is 4.74 Å². The Morgan fingerprint density at radius 2 is 1.88 bits per heavy atom. The van der Waals surface area contributed by atoms with Gasteiger partial charge in [-0.05, 0) is 75.8 Å². The molecule has 0 radical (unpaired) electrons. The molecule has 1 aliphatic heterocycles. The second-order valence-corrected chi connectivity index (χ2v) is 7.32. The summed E-state index contributed by atoms with van der Waals surface area (Å²) < 4.78 is 5.29. The van der Waals surface area contributed by atoms with Crippen molar-refractivity contribution in [2.75, 3.05) is 20.2 Å². The van der Waals surface area contributed by atoms with Gasteiger partial charge in [-0.2, -0.15) is 0 Å². The molecule has 0 bridgehead atoms. The first-order chi connectivity index (χ1) is 12.0. The van der Waals surface area contributed by atoms with E-state index in [0.29, 0.717) is 11.8 Å². The Kier molecular flexibility index (Phi) is 5.69. The van der Waals surface area contributed by atoms with E-state index in [2.05, 4.69) is 53.8 Å². The quantitative estimate of drug-likeness (QED) is 0.829. The summed E-state index contributed by atoms with van der Waals surface area (Å²) >= 11 is 0. The topological polar surface area (TPSA) is 38.2 Å². The van der Waals surface area contributed by atoms with Crippen LogP contribution in [0.3, 0.4) is 0 Å². The van der Waals surface area contributed by atoms with Gasteiger partial charge in [0, 0.05) is 30.5 Å². The maximum Gasteiger partial charge on any atom is 0.213 e. The largest absolute Gasteiger partial charge is 0.481 e. The van der Waals surface area contributed by atoms with Crippen molar-refractivity contribution in [3.8, 4) is 5.88 Å². The monoisotopic (exact) mass is 339 g/mol. The van der Waals surface area contributed by atoms with Gasteiger partial charge in [-0.1, -0.05) is 6.07 Å². The van der Waals surface area contributed by atoms with Crippen LogP contribution in [0.25, 0.3) is 0 Å². The molecule has 25 heavy (non-hydrogen) atoms. The summed E-state index contributed by atoms with van der Waals surface area (Å²) in [6, 6.07) is 8.51. The number of piperidine rings is 1. The van der Waals surface area contributed by atoms with Gasteiger partial charge in [0.25, 0.3) is 0 Å². The molecule has 4 heteroatoms. The van der Waals surface area contributed by atoms with Crippen molar-refractivity contribution < 1.29 is 4.74 Å². The highest BCUT2D eigenvalue weighted by atomic mass is 16.5. The molecule has 1 aliphatic rings. The van der Waals surface area contributed by atoms with Crippen molar-refractivity contribution >= 4 is 0 Å². The number of methoxy groups -OCH3 is 1. The smallest absolute Gasteiger partial charge is 0.213 e. The minimum atomic E-state index is 0.705. The van der Waals surface area contributed by atoms with Gasteiger partial charge in [-0.25, -0.2) is 4.98 Å². The van der Waals surface area contributed by atoms with E-state index in [1.54, 1.807) is 7.11 Å². The lowest BCUT2D eigenvalue weighted by Crippen LogP contribution is -2.36. The molecular formula is C21H29N3O. The molecule has 2 aromatic rings. The van der Waals surface area contributed by atoms with Gasteiger partial charge in [0.05, 0.1) is 12.8 Å². The highest BCUT2D eigenvalue weighted by molar-refractivity contribution is 5.25. The van der Waals surface area contributed by atoms with E-state index in [0.717, 1.165) is 43.1 Å². The van der Waals surface area contributed by atoms with Gasteiger partial charge in [-0.15, -0.1) is 0 Å². The van der Waals surface area contributed by atoms with Crippen molar-refractivity contribution in [3.05, 3.63) is 52.5 Å². The van der Waals surface area contributed by atoms with Crippen molar-refractivity contribution in [2.24, 2.45) is 5.92 Å². The molecule has 0 saturated carbocycles. The molecule has 4 nitrogen and oxygen atoms in total. The third-order valence-corrected chi connectivity index (χ3v) is 5.03. The summed E-state index contributed by atoms with van der Waals surface area (Å²) in [5, 5.41) is 0. The van der Waals surface area contributed by atoms with Crippen molar-refractivity contribution in [2.45, 2.75) is 46.6 Å². The van der Waals surface area contributed by atoms with Crippen molar-refractivity contribution in [1.82, 2.24) is 14.9 Å². The average Bonchev–Trinajstić information content (AvgIpc) is 2.56. The van der Waals surface area contributed by atoms with E-state index in [1.807, 2.05) is 6.07 Å². The molecule has 0 aromatic carbocycles. The van der Waals surface area contributed by atoms with Crippen molar-refractivity contribution in [1.29, 1.82) is 0 Å². The number of aromatic nitrogens is 2. The molecule has 3 heterocycles. The van der Waals surface area contributed by atoms with Gasteiger partial charge < -0.3 is 4.74 Å². The number of hydrogen-bond donors (Lipinski definition) is 0. The van der Waals surface area contributed by atoms with Crippen molar-refractivity contribution in [3.63, 3.8) is 0 Å². The van der Waals surface area contributed by atoms with E-state index >= 15 is 0 Å². The minimum Gasteiger partial charge on any atom is -0.481 e. The first-order valence-corrected chi connectivity index (χ1v) is 9.20. The Bertz CT molecular complexity index is 709. The number of aryl methyl sites for hydroxylation is 3. The first kappa shape index (κ1) is 17.9. The lowest BCUT2D eigenvalue weighted by Gasteiger charge is -2.33. The third kappa shape index (κ3) is 4.79. The van der Waals surface area contributed by atoms with Gasteiger partial charge in [0.15, 0.2) is 0 Å². The van der Waals surface area contributed by atoms with Gasteiger partial charge in [-0.3, -0.25) is 9.88 Å². The third-order valence-electron chi connectivity index (χ3n) is 5.03. The molecule has 1 saturated heterocycles. The molecule has 0 aliphatic carbocycles. The van der Waals surface area contributed by atoms with Gasteiger partial charge in [0.2, 0.25) is 5.88 Å². The fourth-order valence-electron chi connectivity index (χ4n) is 3.87. The molecule has 0 N–H and O–H groups in total. The fraction of sp³-hybridized carbons (Fsp3) is 0.524. The van der Waals surface area contributed by atoms with Crippen LogP contribution in [-0.4, -0.2) is 35.1 Å². The van der Waals surface area contributed by atoms with Gasteiger partial charge >= 0.3 is 0 Å². The number of hydrogen-bond acceptors (Lipinski definition) is 4. The molecule has 2 aromatic heterocycles. The second kappa shape index (κ2) is 7.96. The van der Waals surface area contributed by atoms with E-state index in [1.165, 1.54) is 24.0 Å². The average molecular weight is 339 g/mol. The SMILES string of the molecule is COc1ccc(C)c(CN2CCC[C@H](Cc3cc(C)nc(C)c3)C2)n1. The predicted octanol–water partition coefficient (Wildman–Crippen LogP) is 3.87. The molecule has 3 rings (SSSR count). The van der Waals surface area contributed by atoms with Crippen LogP contribution < -0.4 is 4.74 Å². The Morgan fingerprint density at radius 3 is 2.60 bits per heavy atom. The second-order valence-electron chi connectivity index (χ2n) is 7.32. The summed E-state index contributed by atoms with van der Waals surface area (Å²) in [6.45, 7) is 9.50.